The number of sulfonamides is 1. The lowest BCUT2D eigenvalue weighted by Crippen LogP contribution is -2.33. The maximum Gasteiger partial charge on any atom is 0.213 e. The van der Waals surface area contributed by atoms with E-state index in [4.69, 9.17) is 0 Å². The molecule has 8 heteroatoms. The van der Waals surface area contributed by atoms with E-state index in [-0.39, 0.29) is 5.92 Å². The van der Waals surface area contributed by atoms with Gasteiger partial charge >= 0.3 is 0 Å². The topological polar surface area (TPSA) is 89.8 Å². The van der Waals surface area contributed by atoms with Gasteiger partial charge in [-0.25, -0.2) is 13.1 Å². The zero-order chi connectivity index (χ0) is 17.0. The molecule has 0 fully saturated rings. The fraction of sp³-hybridized carbons (Fsp3) is 0.533. The zero-order valence-corrected chi connectivity index (χ0v) is 14.7. The van der Waals surface area contributed by atoms with E-state index in [2.05, 4.69) is 20.2 Å². The van der Waals surface area contributed by atoms with E-state index in [1.165, 1.54) is 0 Å². The first-order chi connectivity index (χ1) is 10.8. The van der Waals surface area contributed by atoms with Gasteiger partial charge in [0, 0.05) is 13.0 Å². The first-order valence-electron chi connectivity index (χ1n) is 7.71. The summed E-state index contributed by atoms with van der Waals surface area (Å²) < 4.78 is 28.0. The molecule has 2 aromatic rings. The highest BCUT2D eigenvalue weighted by Crippen LogP contribution is 2.18. The lowest BCUT2D eigenvalue weighted by atomic mass is 10.0. The smallest absolute Gasteiger partial charge is 0.213 e. The molecule has 0 saturated heterocycles. The maximum absolute atomic E-state index is 11.8. The molecule has 1 atom stereocenters. The summed E-state index contributed by atoms with van der Waals surface area (Å²) in [5.41, 5.74) is 1.96. The van der Waals surface area contributed by atoms with Crippen molar-refractivity contribution in [2.45, 2.75) is 45.3 Å². The standard InChI is InChI=1S/C15H23N5O2S/c1-5-15-17-18-19-20(15)14-8-6-13(7-9-14)12(4)10-16-23(21,22)11(2)3/h6-9,11-12,16H,5,10H2,1-4H3. The second kappa shape index (κ2) is 7.18. The molecular formula is C15H23N5O2S. The molecule has 23 heavy (non-hydrogen) atoms. The summed E-state index contributed by atoms with van der Waals surface area (Å²) in [6.45, 7) is 7.70. The zero-order valence-electron chi connectivity index (χ0n) is 13.9. The fourth-order valence-electron chi connectivity index (χ4n) is 2.10. The number of aryl methyl sites for hydroxylation is 1. The van der Waals surface area contributed by atoms with Crippen LogP contribution in [0.1, 0.15) is 45.0 Å². The van der Waals surface area contributed by atoms with Crippen molar-refractivity contribution in [1.29, 1.82) is 0 Å². The summed E-state index contributed by atoms with van der Waals surface area (Å²) in [5.74, 6) is 0.882. The number of hydrogen-bond donors (Lipinski definition) is 1. The summed E-state index contributed by atoms with van der Waals surface area (Å²) in [4.78, 5) is 0. The highest BCUT2D eigenvalue weighted by Gasteiger charge is 2.17. The van der Waals surface area contributed by atoms with E-state index >= 15 is 0 Å². The van der Waals surface area contributed by atoms with E-state index in [1.54, 1.807) is 18.5 Å². The monoisotopic (exact) mass is 337 g/mol. The molecule has 1 unspecified atom stereocenters. The van der Waals surface area contributed by atoms with Crippen LogP contribution in [0, 0.1) is 0 Å². The minimum Gasteiger partial charge on any atom is -0.214 e. The molecule has 1 heterocycles. The third kappa shape index (κ3) is 4.14. The molecule has 7 nitrogen and oxygen atoms in total. The van der Waals surface area contributed by atoms with Gasteiger partial charge in [0.05, 0.1) is 10.9 Å². The van der Waals surface area contributed by atoms with E-state index in [0.717, 1.165) is 23.5 Å². The van der Waals surface area contributed by atoms with E-state index < -0.39 is 15.3 Å². The highest BCUT2D eigenvalue weighted by molar-refractivity contribution is 7.90. The first-order valence-corrected chi connectivity index (χ1v) is 9.25. The second-order valence-electron chi connectivity index (χ2n) is 5.80. The van der Waals surface area contributed by atoms with Gasteiger partial charge < -0.3 is 0 Å². The number of hydrogen-bond acceptors (Lipinski definition) is 5. The Morgan fingerprint density at radius 2 is 1.83 bits per heavy atom. The lowest BCUT2D eigenvalue weighted by molar-refractivity contribution is 0.566. The average Bonchev–Trinajstić information content (AvgIpc) is 3.01. The van der Waals surface area contributed by atoms with Gasteiger partial charge in [0.2, 0.25) is 10.0 Å². The Bertz CT molecular complexity index is 737. The number of nitrogens with zero attached hydrogens (tertiary/aromatic N) is 4. The van der Waals surface area contributed by atoms with Crippen molar-refractivity contribution in [1.82, 2.24) is 24.9 Å². The summed E-state index contributed by atoms with van der Waals surface area (Å²) in [7, 11) is -3.23. The molecule has 0 radical (unpaired) electrons. The molecule has 1 aromatic heterocycles. The largest absolute Gasteiger partial charge is 0.214 e. The Labute approximate surface area is 137 Å². The Morgan fingerprint density at radius 1 is 1.17 bits per heavy atom. The van der Waals surface area contributed by atoms with Crippen molar-refractivity contribution in [3.63, 3.8) is 0 Å². The van der Waals surface area contributed by atoms with Crippen LogP contribution in [0.5, 0.6) is 0 Å². The Hall–Kier alpha value is -1.80. The van der Waals surface area contributed by atoms with E-state index in [1.807, 2.05) is 38.1 Å². The van der Waals surface area contributed by atoms with Crippen LogP contribution in [-0.2, 0) is 16.4 Å². The molecule has 0 aliphatic heterocycles. The third-order valence-corrected chi connectivity index (χ3v) is 5.58. The van der Waals surface area contributed by atoms with Gasteiger partial charge in [0.1, 0.15) is 0 Å². The predicted octanol–water partition coefficient (Wildman–Crippen LogP) is 1.66. The maximum atomic E-state index is 11.8. The Kier molecular flexibility index (Phi) is 5.48. The van der Waals surface area contributed by atoms with Crippen LogP contribution in [0.15, 0.2) is 24.3 Å². The number of rotatable bonds is 7. The van der Waals surface area contributed by atoms with Crippen LogP contribution >= 0.6 is 0 Å². The van der Waals surface area contributed by atoms with Crippen molar-refractivity contribution < 1.29 is 8.42 Å². The SMILES string of the molecule is CCc1nnnn1-c1ccc(C(C)CNS(=O)(=O)C(C)C)cc1. The molecule has 0 saturated carbocycles. The molecular weight excluding hydrogens is 314 g/mol. The van der Waals surface area contributed by atoms with Crippen LogP contribution in [-0.4, -0.2) is 40.4 Å². The van der Waals surface area contributed by atoms with Crippen LogP contribution in [0.2, 0.25) is 0 Å². The summed E-state index contributed by atoms with van der Waals surface area (Å²) in [6.07, 6.45) is 0.752. The lowest BCUT2D eigenvalue weighted by Gasteiger charge is -2.15. The van der Waals surface area contributed by atoms with Gasteiger partial charge in [0.15, 0.2) is 5.82 Å². The molecule has 0 aliphatic rings. The molecule has 0 aliphatic carbocycles. The van der Waals surface area contributed by atoms with Crippen molar-refractivity contribution >= 4 is 10.0 Å². The van der Waals surface area contributed by atoms with E-state index in [0.29, 0.717) is 6.54 Å². The molecule has 0 spiro atoms. The van der Waals surface area contributed by atoms with E-state index in [9.17, 15) is 8.42 Å². The first kappa shape index (κ1) is 17.6. The molecule has 1 N–H and O–H groups in total. The second-order valence-corrected chi connectivity index (χ2v) is 8.12. The summed E-state index contributed by atoms with van der Waals surface area (Å²) in [5, 5.41) is 11.2. The summed E-state index contributed by atoms with van der Waals surface area (Å²) >= 11 is 0. The number of tetrazole rings is 1. The molecule has 2 rings (SSSR count). The Balaban J connectivity index is 2.07. The van der Waals surface area contributed by atoms with Crippen LogP contribution in [0.3, 0.4) is 0 Å². The minimum absolute atomic E-state index is 0.0806. The molecule has 0 bridgehead atoms. The van der Waals surface area contributed by atoms with Gasteiger partial charge in [0.25, 0.3) is 0 Å². The van der Waals surface area contributed by atoms with Gasteiger partial charge in [-0.3, -0.25) is 0 Å². The minimum atomic E-state index is -3.23. The van der Waals surface area contributed by atoms with Crippen molar-refractivity contribution in [3.05, 3.63) is 35.7 Å². The van der Waals surface area contributed by atoms with Gasteiger partial charge in [-0.1, -0.05) is 26.0 Å². The van der Waals surface area contributed by atoms with Crippen LogP contribution in [0.25, 0.3) is 5.69 Å². The highest BCUT2D eigenvalue weighted by atomic mass is 32.2. The molecule has 126 valence electrons. The average molecular weight is 337 g/mol. The molecule has 0 amide bonds. The van der Waals surface area contributed by atoms with Crippen molar-refractivity contribution in [2.24, 2.45) is 0 Å². The predicted molar refractivity (Wildman–Crippen MR) is 89.0 cm³/mol. The summed E-state index contributed by atoms with van der Waals surface area (Å²) in [6, 6.07) is 7.84. The van der Waals surface area contributed by atoms with Crippen LogP contribution in [0.4, 0.5) is 0 Å². The third-order valence-electron chi connectivity index (χ3n) is 3.77. The number of benzene rings is 1. The quantitative estimate of drug-likeness (QED) is 0.830. The normalized spacial score (nSPS) is 13.4. The van der Waals surface area contributed by atoms with Crippen molar-refractivity contribution in [3.8, 4) is 5.69 Å². The fourth-order valence-corrected chi connectivity index (χ4v) is 2.91. The van der Waals surface area contributed by atoms with Gasteiger partial charge in [-0.05, 0) is 47.9 Å². The van der Waals surface area contributed by atoms with Gasteiger partial charge in [-0.2, -0.15) is 4.68 Å². The van der Waals surface area contributed by atoms with Gasteiger partial charge in [-0.15, -0.1) is 5.10 Å². The van der Waals surface area contributed by atoms with Crippen LogP contribution < -0.4 is 4.72 Å². The van der Waals surface area contributed by atoms with Crippen molar-refractivity contribution in [2.75, 3.05) is 6.54 Å². The number of nitrogens with one attached hydrogen (secondary N) is 1. The Morgan fingerprint density at radius 3 is 2.39 bits per heavy atom. The number of aromatic nitrogens is 4. The molecule has 1 aromatic carbocycles.